The molecule has 1 unspecified atom stereocenters. The molecule has 2 aliphatic rings. The summed E-state index contributed by atoms with van der Waals surface area (Å²) in [5.74, 6) is -2.73. The van der Waals surface area contributed by atoms with Crippen LogP contribution in [0.15, 0.2) is 17.5 Å². The van der Waals surface area contributed by atoms with E-state index in [1.807, 2.05) is 17.5 Å². The van der Waals surface area contributed by atoms with Crippen LogP contribution < -0.4 is 5.32 Å². The first kappa shape index (κ1) is 23.6. The number of alkyl halides is 3. The van der Waals surface area contributed by atoms with E-state index in [9.17, 15) is 18.0 Å². The fraction of sp³-hybridized carbons (Fsp3) is 0.667. The second kappa shape index (κ2) is 10.4. The first-order valence-corrected chi connectivity index (χ1v) is 10.0. The Balaban J connectivity index is 0.000000370. The molecule has 2 aliphatic heterocycles. The number of hydrogen-bond donors (Lipinski definition) is 2. The number of piperidine rings is 1. The summed E-state index contributed by atoms with van der Waals surface area (Å²) in [6.07, 6.45) is -2.06. The average molecular weight is 438 g/mol. The predicted molar refractivity (Wildman–Crippen MR) is 100 cm³/mol. The van der Waals surface area contributed by atoms with Crippen LogP contribution in [0.3, 0.4) is 0 Å². The van der Waals surface area contributed by atoms with Crippen molar-refractivity contribution in [2.75, 3.05) is 40.0 Å². The van der Waals surface area contributed by atoms with Gasteiger partial charge in [0.1, 0.15) is 0 Å². The summed E-state index contributed by atoms with van der Waals surface area (Å²) < 4.78 is 43.0. The molecule has 0 bridgehead atoms. The van der Waals surface area contributed by atoms with E-state index in [0.29, 0.717) is 6.61 Å². The standard InChI is InChI=1S/C16H24N2O3S.C2HF3O2/c1-20-9-8-18-6-4-16(5-7-18)11-13(12-21-16)17-15(19)14-3-2-10-22-14;3-2(4,5)1(6)7/h2-3,10,13H,4-9,11-12H2,1H3,(H,17,19);(H,6,7). The van der Waals surface area contributed by atoms with Crippen LogP contribution in [0.4, 0.5) is 13.2 Å². The van der Waals surface area contributed by atoms with Crippen molar-refractivity contribution in [2.45, 2.75) is 37.1 Å². The van der Waals surface area contributed by atoms with Gasteiger partial charge >= 0.3 is 12.1 Å². The number of carboxylic acids is 1. The summed E-state index contributed by atoms with van der Waals surface area (Å²) in [5.41, 5.74) is -0.0308. The van der Waals surface area contributed by atoms with Crippen LogP contribution in [0.2, 0.25) is 0 Å². The van der Waals surface area contributed by atoms with Crippen molar-refractivity contribution < 1.29 is 37.3 Å². The van der Waals surface area contributed by atoms with Crippen molar-refractivity contribution in [1.29, 1.82) is 0 Å². The van der Waals surface area contributed by atoms with Crippen molar-refractivity contribution in [3.05, 3.63) is 22.4 Å². The lowest BCUT2D eigenvalue weighted by molar-refractivity contribution is -0.192. The number of methoxy groups -OCH3 is 1. The normalized spacial score (nSPS) is 21.4. The highest BCUT2D eigenvalue weighted by Gasteiger charge is 2.43. The van der Waals surface area contributed by atoms with Gasteiger partial charge < -0.3 is 24.8 Å². The highest BCUT2D eigenvalue weighted by Crippen LogP contribution is 2.36. The molecule has 1 aromatic heterocycles. The Labute approximate surface area is 170 Å². The Bertz CT molecular complexity index is 661. The van der Waals surface area contributed by atoms with Crippen LogP contribution in [-0.2, 0) is 14.3 Å². The number of rotatable bonds is 5. The molecule has 3 heterocycles. The molecule has 0 radical (unpaired) electrons. The van der Waals surface area contributed by atoms with Gasteiger partial charge in [-0.25, -0.2) is 4.79 Å². The zero-order valence-electron chi connectivity index (χ0n) is 16.0. The first-order valence-electron chi connectivity index (χ1n) is 9.15. The molecular weight excluding hydrogens is 413 g/mol. The molecule has 0 saturated carbocycles. The molecule has 0 aliphatic carbocycles. The lowest BCUT2D eigenvalue weighted by atomic mass is 9.87. The third-order valence-electron chi connectivity index (χ3n) is 4.91. The fourth-order valence-electron chi connectivity index (χ4n) is 3.35. The van der Waals surface area contributed by atoms with Crippen molar-refractivity contribution in [1.82, 2.24) is 10.2 Å². The number of amides is 1. The second-order valence-electron chi connectivity index (χ2n) is 6.98. The zero-order chi connectivity index (χ0) is 21.5. The van der Waals surface area contributed by atoms with Crippen LogP contribution in [0.25, 0.3) is 0 Å². The average Bonchev–Trinajstić information content (AvgIpc) is 3.32. The molecule has 29 heavy (non-hydrogen) atoms. The summed E-state index contributed by atoms with van der Waals surface area (Å²) in [5, 5.41) is 12.2. The van der Waals surface area contributed by atoms with Gasteiger partial charge in [0.25, 0.3) is 5.91 Å². The SMILES string of the molecule is COCCN1CCC2(CC1)CC(NC(=O)c1cccs1)CO2.O=C(O)C(F)(F)F. The smallest absolute Gasteiger partial charge is 0.475 e. The van der Waals surface area contributed by atoms with E-state index in [1.54, 1.807) is 7.11 Å². The quantitative estimate of drug-likeness (QED) is 0.734. The van der Waals surface area contributed by atoms with Gasteiger partial charge in [0.05, 0.1) is 29.7 Å². The van der Waals surface area contributed by atoms with Crippen molar-refractivity contribution in [3.8, 4) is 0 Å². The lowest BCUT2D eigenvalue weighted by Gasteiger charge is -2.38. The first-order chi connectivity index (χ1) is 13.6. The number of thiophene rings is 1. The summed E-state index contributed by atoms with van der Waals surface area (Å²) in [7, 11) is 1.74. The lowest BCUT2D eigenvalue weighted by Crippen LogP contribution is -2.45. The van der Waals surface area contributed by atoms with Gasteiger partial charge in [-0.15, -0.1) is 11.3 Å². The molecule has 0 aromatic carbocycles. The van der Waals surface area contributed by atoms with E-state index in [-0.39, 0.29) is 17.6 Å². The molecule has 7 nitrogen and oxygen atoms in total. The molecule has 2 saturated heterocycles. The van der Waals surface area contributed by atoms with E-state index < -0.39 is 12.1 Å². The van der Waals surface area contributed by atoms with Crippen molar-refractivity contribution in [3.63, 3.8) is 0 Å². The van der Waals surface area contributed by atoms with Crippen LogP contribution >= 0.6 is 11.3 Å². The molecule has 2 fully saturated rings. The van der Waals surface area contributed by atoms with Gasteiger partial charge in [-0.05, 0) is 30.7 Å². The monoisotopic (exact) mass is 438 g/mol. The van der Waals surface area contributed by atoms with Gasteiger partial charge in [0.2, 0.25) is 0 Å². The Morgan fingerprint density at radius 1 is 1.41 bits per heavy atom. The largest absolute Gasteiger partial charge is 0.490 e. The molecule has 1 spiro atoms. The Hall–Kier alpha value is -1.69. The maximum Gasteiger partial charge on any atom is 0.490 e. The van der Waals surface area contributed by atoms with Gasteiger partial charge in [0.15, 0.2) is 0 Å². The zero-order valence-corrected chi connectivity index (χ0v) is 16.9. The van der Waals surface area contributed by atoms with Gasteiger partial charge in [-0.2, -0.15) is 13.2 Å². The number of carbonyl (C=O) groups excluding carboxylic acids is 1. The minimum Gasteiger partial charge on any atom is -0.475 e. The number of hydrogen-bond acceptors (Lipinski definition) is 6. The maximum atomic E-state index is 12.1. The minimum absolute atomic E-state index is 0.0261. The summed E-state index contributed by atoms with van der Waals surface area (Å²) >= 11 is 1.48. The van der Waals surface area contributed by atoms with Crippen molar-refractivity contribution in [2.24, 2.45) is 0 Å². The number of carboxylic acid groups (broad SMARTS) is 1. The molecular formula is C18H25F3N2O5S. The Morgan fingerprint density at radius 2 is 2.07 bits per heavy atom. The van der Waals surface area contributed by atoms with E-state index in [4.69, 9.17) is 19.4 Å². The molecule has 1 atom stereocenters. The highest BCUT2D eigenvalue weighted by molar-refractivity contribution is 7.12. The number of carbonyl (C=O) groups is 2. The van der Waals surface area contributed by atoms with E-state index in [2.05, 4.69) is 10.2 Å². The number of nitrogens with one attached hydrogen (secondary N) is 1. The number of aliphatic carboxylic acids is 1. The van der Waals surface area contributed by atoms with Crippen LogP contribution in [0.1, 0.15) is 28.9 Å². The molecule has 3 rings (SSSR count). The molecule has 1 aromatic rings. The number of halogens is 3. The van der Waals surface area contributed by atoms with Gasteiger partial charge in [-0.1, -0.05) is 6.07 Å². The van der Waals surface area contributed by atoms with Gasteiger partial charge in [0, 0.05) is 26.7 Å². The van der Waals surface area contributed by atoms with E-state index in [1.165, 1.54) is 11.3 Å². The van der Waals surface area contributed by atoms with Gasteiger partial charge in [-0.3, -0.25) is 4.79 Å². The predicted octanol–water partition coefficient (Wildman–Crippen LogP) is 2.38. The van der Waals surface area contributed by atoms with Crippen LogP contribution in [0, 0.1) is 0 Å². The van der Waals surface area contributed by atoms with E-state index in [0.717, 1.165) is 50.4 Å². The molecule has 2 N–H and O–H groups in total. The Kier molecular flexibility index (Phi) is 8.44. The van der Waals surface area contributed by atoms with E-state index >= 15 is 0 Å². The number of ether oxygens (including phenoxy) is 2. The minimum atomic E-state index is -5.08. The number of likely N-dealkylation sites (tertiary alicyclic amines) is 1. The third kappa shape index (κ3) is 7.25. The van der Waals surface area contributed by atoms with Crippen LogP contribution in [-0.4, -0.2) is 79.7 Å². The number of nitrogens with zero attached hydrogens (tertiary/aromatic N) is 1. The topological polar surface area (TPSA) is 88.1 Å². The second-order valence-corrected chi connectivity index (χ2v) is 7.93. The summed E-state index contributed by atoms with van der Waals surface area (Å²) in [4.78, 5) is 24.2. The summed E-state index contributed by atoms with van der Waals surface area (Å²) in [6, 6.07) is 3.90. The molecule has 11 heteroatoms. The maximum absolute atomic E-state index is 12.1. The third-order valence-corrected chi connectivity index (χ3v) is 5.78. The fourth-order valence-corrected chi connectivity index (χ4v) is 3.98. The van der Waals surface area contributed by atoms with Crippen molar-refractivity contribution >= 4 is 23.2 Å². The molecule has 1 amide bonds. The van der Waals surface area contributed by atoms with Crippen LogP contribution in [0.5, 0.6) is 0 Å². The highest BCUT2D eigenvalue weighted by atomic mass is 32.1. The molecule has 164 valence electrons. The summed E-state index contributed by atoms with van der Waals surface area (Å²) in [6.45, 7) is 4.51. The Morgan fingerprint density at radius 3 is 2.59 bits per heavy atom.